The molecule has 2 aromatic carbocycles. The van der Waals surface area contributed by atoms with Crippen molar-refractivity contribution < 1.29 is 14.0 Å². The van der Waals surface area contributed by atoms with Crippen LogP contribution in [-0.4, -0.2) is 29.9 Å². The van der Waals surface area contributed by atoms with E-state index in [1.165, 1.54) is 6.07 Å². The molecule has 6 nitrogen and oxygen atoms in total. The molecule has 0 radical (unpaired) electrons. The van der Waals surface area contributed by atoms with Crippen LogP contribution in [0, 0.1) is 40.8 Å². The molecule has 2 bridgehead atoms. The Morgan fingerprint density at radius 2 is 1.94 bits per heavy atom. The first-order valence-corrected chi connectivity index (χ1v) is 11.0. The summed E-state index contributed by atoms with van der Waals surface area (Å²) < 4.78 is 14.8. The summed E-state index contributed by atoms with van der Waals surface area (Å²) in [6.45, 7) is 2.24. The third-order valence-electron chi connectivity index (χ3n) is 7.56. The molecule has 7 heteroatoms. The molecule has 7 atom stereocenters. The SMILES string of the molecule is C[C@H]1[C@H]2[C@H]3C[C@H](N[C@@H]3C(=O)N[C@H](C#N)Cc3ccc(-c4ccc(C(N)=O)cc4)cc3F)[C@@H]12. The van der Waals surface area contributed by atoms with Gasteiger partial charge >= 0.3 is 0 Å². The van der Waals surface area contributed by atoms with Crippen molar-refractivity contribution in [2.45, 2.75) is 37.9 Å². The predicted octanol–water partition coefficient (Wildman–Crippen LogP) is 2.38. The molecule has 4 N–H and O–H groups in total. The van der Waals surface area contributed by atoms with Gasteiger partial charge in [0, 0.05) is 18.0 Å². The Kier molecular flexibility index (Phi) is 4.98. The van der Waals surface area contributed by atoms with Gasteiger partial charge in [0.25, 0.3) is 0 Å². The molecule has 164 valence electrons. The Labute approximate surface area is 186 Å². The van der Waals surface area contributed by atoms with Crippen LogP contribution in [0.3, 0.4) is 0 Å². The van der Waals surface area contributed by atoms with Crippen LogP contribution in [-0.2, 0) is 11.2 Å². The predicted molar refractivity (Wildman–Crippen MR) is 117 cm³/mol. The Balaban J connectivity index is 1.24. The van der Waals surface area contributed by atoms with Crippen LogP contribution in [0.15, 0.2) is 42.5 Å². The van der Waals surface area contributed by atoms with Gasteiger partial charge in [0.2, 0.25) is 11.8 Å². The highest BCUT2D eigenvalue weighted by atomic mass is 19.1. The quantitative estimate of drug-likeness (QED) is 0.651. The van der Waals surface area contributed by atoms with Crippen molar-refractivity contribution in [1.82, 2.24) is 10.6 Å². The number of nitriles is 1. The van der Waals surface area contributed by atoms with Gasteiger partial charge in [0.05, 0.1) is 12.1 Å². The number of carbonyl (C=O) groups excluding carboxylic acids is 2. The number of nitrogens with zero attached hydrogens (tertiary/aromatic N) is 1. The fourth-order valence-electron chi connectivity index (χ4n) is 5.93. The van der Waals surface area contributed by atoms with Crippen LogP contribution in [0.4, 0.5) is 4.39 Å². The molecule has 2 aromatic rings. The van der Waals surface area contributed by atoms with E-state index in [9.17, 15) is 19.2 Å². The van der Waals surface area contributed by atoms with Crippen molar-refractivity contribution in [2.75, 3.05) is 0 Å². The van der Waals surface area contributed by atoms with E-state index in [0.717, 1.165) is 12.0 Å². The number of carbonyl (C=O) groups is 2. The minimum absolute atomic E-state index is 0.0955. The first-order valence-electron chi connectivity index (χ1n) is 11.0. The molecule has 0 aromatic heterocycles. The lowest BCUT2D eigenvalue weighted by molar-refractivity contribution is -0.124. The van der Waals surface area contributed by atoms with Crippen LogP contribution >= 0.6 is 0 Å². The Hall–Kier alpha value is -3.24. The highest BCUT2D eigenvalue weighted by Crippen LogP contribution is 2.64. The molecule has 5 rings (SSSR count). The average Bonchev–Trinajstić information content (AvgIpc) is 3.13. The second-order valence-corrected chi connectivity index (χ2v) is 9.31. The van der Waals surface area contributed by atoms with E-state index in [2.05, 4.69) is 23.6 Å². The van der Waals surface area contributed by atoms with Gasteiger partial charge in [-0.25, -0.2) is 4.39 Å². The molecule has 2 aliphatic carbocycles. The van der Waals surface area contributed by atoms with E-state index >= 15 is 0 Å². The second kappa shape index (κ2) is 7.72. The number of primary amides is 1. The summed E-state index contributed by atoms with van der Waals surface area (Å²) >= 11 is 0. The third-order valence-corrected chi connectivity index (χ3v) is 7.56. The fourth-order valence-corrected chi connectivity index (χ4v) is 5.93. The summed E-state index contributed by atoms with van der Waals surface area (Å²) in [5.74, 6) is 1.23. The van der Waals surface area contributed by atoms with Gasteiger partial charge in [-0.1, -0.05) is 31.2 Å². The van der Waals surface area contributed by atoms with Crippen LogP contribution in [0.1, 0.15) is 29.3 Å². The lowest BCUT2D eigenvalue weighted by Crippen LogP contribution is -2.51. The van der Waals surface area contributed by atoms with Crippen molar-refractivity contribution in [2.24, 2.45) is 29.4 Å². The van der Waals surface area contributed by atoms with Gasteiger partial charge in [-0.05, 0) is 65.0 Å². The highest BCUT2D eigenvalue weighted by Gasteiger charge is 2.67. The molecule has 3 fully saturated rings. The van der Waals surface area contributed by atoms with Gasteiger partial charge < -0.3 is 16.4 Å². The van der Waals surface area contributed by atoms with E-state index in [-0.39, 0.29) is 18.4 Å². The lowest BCUT2D eigenvalue weighted by Gasteiger charge is -2.23. The van der Waals surface area contributed by atoms with E-state index in [4.69, 9.17) is 5.73 Å². The van der Waals surface area contributed by atoms with E-state index in [1.807, 2.05) is 0 Å². The van der Waals surface area contributed by atoms with Crippen LogP contribution < -0.4 is 16.4 Å². The lowest BCUT2D eigenvalue weighted by atomic mass is 9.94. The zero-order valence-corrected chi connectivity index (χ0v) is 17.7. The molecule has 2 saturated carbocycles. The number of piperidine rings is 1. The number of nitrogens with one attached hydrogen (secondary N) is 2. The van der Waals surface area contributed by atoms with Crippen molar-refractivity contribution in [3.8, 4) is 17.2 Å². The van der Waals surface area contributed by atoms with E-state index in [1.54, 1.807) is 36.4 Å². The van der Waals surface area contributed by atoms with Crippen LogP contribution in [0.5, 0.6) is 0 Å². The summed E-state index contributed by atoms with van der Waals surface area (Å²) in [4.78, 5) is 24.0. The number of fused-ring (bicyclic) bond motifs is 5. The van der Waals surface area contributed by atoms with Gasteiger partial charge in [-0.15, -0.1) is 0 Å². The molecule has 32 heavy (non-hydrogen) atoms. The van der Waals surface area contributed by atoms with Crippen molar-refractivity contribution >= 4 is 11.8 Å². The highest BCUT2D eigenvalue weighted by molar-refractivity contribution is 5.93. The van der Waals surface area contributed by atoms with Gasteiger partial charge in [-0.2, -0.15) is 5.26 Å². The first-order chi connectivity index (χ1) is 15.4. The van der Waals surface area contributed by atoms with Crippen molar-refractivity contribution in [3.63, 3.8) is 0 Å². The second-order valence-electron chi connectivity index (χ2n) is 9.31. The Morgan fingerprint density at radius 1 is 1.22 bits per heavy atom. The molecule has 1 saturated heterocycles. The number of rotatable bonds is 6. The maximum absolute atomic E-state index is 14.8. The zero-order chi connectivity index (χ0) is 22.6. The van der Waals surface area contributed by atoms with Gasteiger partial charge in [0.15, 0.2) is 0 Å². The molecule has 0 unspecified atom stereocenters. The number of hydrogen-bond acceptors (Lipinski definition) is 4. The maximum atomic E-state index is 14.8. The van der Waals surface area contributed by atoms with Crippen molar-refractivity contribution in [3.05, 3.63) is 59.4 Å². The van der Waals surface area contributed by atoms with Crippen molar-refractivity contribution in [1.29, 1.82) is 5.26 Å². The Morgan fingerprint density at radius 3 is 2.56 bits per heavy atom. The summed E-state index contributed by atoms with van der Waals surface area (Å²) in [5.41, 5.74) is 7.41. The Bertz CT molecular complexity index is 1120. The summed E-state index contributed by atoms with van der Waals surface area (Å²) in [5, 5.41) is 15.8. The monoisotopic (exact) mass is 432 g/mol. The molecule has 1 aliphatic heterocycles. The maximum Gasteiger partial charge on any atom is 0.248 e. The molecule has 0 spiro atoms. The minimum Gasteiger partial charge on any atom is -0.366 e. The smallest absolute Gasteiger partial charge is 0.248 e. The summed E-state index contributed by atoms with van der Waals surface area (Å²) in [7, 11) is 0. The average molecular weight is 432 g/mol. The number of halogens is 1. The molecular formula is C25H25FN4O2. The molecule has 2 amide bonds. The third kappa shape index (κ3) is 3.45. The topological polar surface area (TPSA) is 108 Å². The first kappa shape index (κ1) is 20.7. The van der Waals surface area contributed by atoms with E-state index in [0.29, 0.717) is 46.4 Å². The summed E-state index contributed by atoms with van der Waals surface area (Å²) in [6, 6.07) is 12.9. The fraction of sp³-hybridized carbons (Fsp3) is 0.400. The largest absolute Gasteiger partial charge is 0.366 e. The van der Waals surface area contributed by atoms with Gasteiger partial charge in [-0.3, -0.25) is 9.59 Å². The van der Waals surface area contributed by atoms with Gasteiger partial charge in [0.1, 0.15) is 11.9 Å². The molecule has 3 aliphatic rings. The number of amides is 2. The molecule has 1 heterocycles. The standard InChI is InChI=1S/C25H25FN4O2/c1-12-21-18-10-20(22(12)21)30-23(18)25(32)29-17(11-27)8-16-7-6-15(9-19(16)26)13-2-4-14(5-3-13)24(28)31/h2-7,9,12,17-18,20-23,30H,8,10H2,1H3,(H2,28,31)(H,29,32)/t12-,17-,18+,20-,21-,22+,23-/m0/s1. The number of hydrogen-bond donors (Lipinski definition) is 3. The number of nitrogens with two attached hydrogens (primary N) is 1. The van der Waals surface area contributed by atoms with Crippen LogP contribution in [0.2, 0.25) is 0 Å². The van der Waals surface area contributed by atoms with E-state index < -0.39 is 17.8 Å². The minimum atomic E-state index is -0.800. The number of benzene rings is 2. The van der Waals surface area contributed by atoms with Crippen LogP contribution in [0.25, 0.3) is 11.1 Å². The summed E-state index contributed by atoms with van der Waals surface area (Å²) in [6.07, 6.45) is 1.13. The molecular weight excluding hydrogens is 407 g/mol. The normalized spacial score (nSPS) is 30.3. The zero-order valence-electron chi connectivity index (χ0n) is 17.7.